The van der Waals surface area contributed by atoms with E-state index in [2.05, 4.69) is 73.6 Å². The first-order chi connectivity index (χ1) is 8.27. The number of fused-ring (bicyclic) bond motifs is 3. The van der Waals surface area contributed by atoms with Crippen molar-refractivity contribution < 1.29 is 0 Å². The van der Waals surface area contributed by atoms with Gasteiger partial charge < -0.3 is 4.90 Å². The fourth-order valence-corrected chi connectivity index (χ4v) is 2.41. The lowest BCUT2D eigenvalue weighted by Crippen LogP contribution is -2.08. The van der Waals surface area contributed by atoms with Gasteiger partial charge in [0.05, 0.1) is 0 Å². The lowest BCUT2D eigenvalue weighted by atomic mass is 10.0. The Kier molecular flexibility index (Phi) is 2.25. The Morgan fingerprint density at radius 1 is 0.647 bits per heavy atom. The molecule has 0 spiro atoms. The Hall–Kier alpha value is -2.02. The molecule has 0 bridgehead atoms. The maximum absolute atomic E-state index is 2.22. The summed E-state index contributed by atoms with van der Waals surface area (Å²) in [4.78, 5) is 2.16. The zero-order chi connectivity index (χ0) is 11.8. The molecule has 0 radical (unpaired) electrons. The Balaban J connectivity index is 2.48. The molecule has 0 aliphatic heterocycles. The van der Waals surface area contributed by atoms with Gasteiger partial charge in [0.25, 0.3) is 0 Å². The zero-order valence-corrected chi connectivity index (χ0v) is 10.1. The third-order valence-corrected chi connectivity index (χ3v) is 3.25. The molecule has 3 aromatic carbocycles. The normalized spacial score (nSPS) is 10.9. The summed E-state index contributed by atoms with van der Waals surface area (Å²) in [6.45, 7) is 0. The number of benzene rings is 3. The number of rotatable bonds is 1. The minimum absolute atomic E-state index is 1.27. The molecule has 0 aliphatic carbocycles. The van der Waals surface area contributed by atoms with Crippen LogP contribution in [-0.4, -0.2) is 14.1 Å². The van der Waals surface area contributed by atoms with E-state index in [4.69, 9.17) is 0 Å². The standard InChI is InChI=1S/C16H15N/c1-17(2)16-9-5-8-14-13-7-4-3-6-12(13)10-11-15(14)16/h3-11H,1-2H3. The van der Waals surface area contributed by atoms with Crippen LogP contribution in [0, 0.1) is 0 Å². The average Bonchev–Trinajstić information content (AvgIpc) is 2.37. The van der Waals surface area contributed by atoms with Crippen LogP contribution in [0.2, 0.25) is 0 Å². The van der Waals surface area contributed by atoms with Crippen molar-refractivity contribution in [1.29, 1.82) is 0 Å². The summed E-state index contributed by atoms with van der Waals surface area (Å²) in [5.74, 6) is 0. The second-order valence-electron chi connectivity index (χ2n) is 4.55. The first kappa shape index (κ1) is 10.2. The Morgan fingerprint density at radius 3 is 2.24 bits per heavy atom. The minimum Gasteiger partial charge on any atom is -0.377 e. The average molecular weight is 221 g/mol. The molecule has 0 heterocycles. The van der Waals surface area contributed by atoms with Gasteiger partial charge >= 0.3 is 0 Å². The highest BCUT2D eigenvalue weighted by molar-refractivity contribution is 6.11. The van der Waals surface area contributed by atoms with Crippen molar-refractivity contribution in [2.24, 2.45) is 0 Å². The van der Waals surface area contributed by atoms with Crippen LogP contribution in [0.5, 0.6) is 0 Å². The summed E-state index contributed by atoms with van der Waals surface area (Å²) < 4.78 is 0. The van der Waals surface area contributed by atoms with Crippen LogP contribution in [0.4, 0.5) is 5.69 Å². The van der Waals surface area contributed by atoms with E-state index in [1.165, 1.54) is 27.2 Å². The SMILES string of the molecule is CN(C)c1cccc2c1ccc1ccccc12. The summed E-state index contributed by atoms with van der Waals surface area (Å²) in [5.41, 5.74) is 1.27. The summed E-state index contributed by atoms with van der Waals surface area (Å²) in [6.07, 6.45) is 0. The van der Waals surface area contributed by atoms with E-state index in [1.54, 1.807) is 0 Å². The van der Waals surface area contributed by atoms with Gasteiger partial charge in [0.15, 0.2) is 0 Å². The monoisotopic (exact) mass is 221 g/mol. The summed E-state index contributed by atoms with van der Waals surface area (Å²) in [6, 6.07) is 19.5. The van der Waals surface area contributed by atoms with E-state index in [9.17, 15) is 0 Å². The fraction of sp³-hybridized carbons (Fsp3) is 0.125. The molecule has 0 saturated carbocycles. The van der Waals surface area contributed by atoms with Crippen molar-refractivity contribution in [3.8, 4) is 0 Å². The molecule has 3 rings (SSSR count). The third kappa shape index (κ3) is 1.55. The Labute approximate surface area is 101 Å². The van der Waals surface area contributed by atoms with Gasteiger partial charge in [-0.2, -0.15) is 0 Å². The van der Waals surface area contributed by atoms with Gasteiger partial charge in [-0.3, -0.25) is 0 Å². The van der Waals surface area contributed by atoms with E-state index < -0.39 is 0 Å². The second-order valence-corrected chi connectivity index (χ2v) is 4.55. The Morgan fingerprint density at radius 2 is 1.41 bits per heavy atom. The van der Waals surface area contributed by atoms with Crippen LogP contribution in [-0.2, 0) is 0 Å². The quantitative estimate of drug-likeness (QED) is 0.560. The molecule has 1 heteroatoms. The lowest BCUT2D eigenvalue weighted by molar-refractivity contribution is 1.14. The second kappa shape index (κ2) is 3.77. The Bertz CT molecular complexity index is 683. The van der Waals surface area contributed by atoms with Crippen molar-refractivity contribution in [2.45, 2.75) is 0 Å². The predicted octanol–water partition coefficient (Wildman–Crippen LogP) is 4.06. The largest absolute Gasteiger partial charge is 0.377 e. The molecule has 0 atom stereocenters. The highest BCUT2D eigenvalue weighted by atomic mass is 15.1. The van der Waals surface area contributed by atoms with Crippen molar-refractivity contribution in [3.63, 3.8) is 0 Å². The van der Waals surface area contributed by atoms with Crippen LogP contribution in [0.1, 0.15) is 0 Å². The van der Waals surface area contributed by atoms with Gasteiger partial charge in [0.2, 0.25) is 0 Å². The maximum Gasteiger partial charge on any atom is 0.0440 e. The number of nitrogens with zero attached hydrogens (tertiary/aromatic N) is 1. The van der Waals surface area contributed by atoms with Crippen molar-refractivity contribution >= 4 is 27.2 Å². The number of hydrogen-bond donors (Lipinski definition) is 0. The summed E-state index contributed by atoms with van der Waals surface area (Å²) >= 11 is 0. The van der Waals surface area contributed by atoms with Crippen LogP contribution < -0.4 is 4.90 Å². The molecule has 0 N–H and O–H groups in total. The van der Waals surface area contributed by atoms with Crippen molar-refractivity contribution in [2.75, 3.05) is 19.0 Å². The van der Waals surface area contributed by atoms with Crippen LogP contribution in [0.25, 0.3) is 21.5 Å². The predicted molar refractivity (Wildman–Crippen MR) is 75.8 cm³/mol. The first-order valence-electron chi connectivity index (χ1n) is 5.85. The van der Waals surface area contributed by atoms with Gasteiger partial charge in [-0.1, -0.05) is 48.5 Å². The summed E-state index contributed by atoms with van der Waals surface area (Å²) in [7, 11) is 4.17. The molecule has 1 nitrogen and oxygen atoms in total. The number of anilines is 1. The molecular formula is C16H15N. The molecule has 0 fully saturated rings. The van der Waals surface area contributed by atoms with Gasteiger partial charge in [-0.25, -0.2) is 0 Å². The zero-order valence-electron chi connectivity index (χ0n) is 10.1. The molecule has 0 amide bonds. The third-order valence-electron chi connectivity index (χ3n) is 3.25. The molecular weight excluding hydrogens is 206 g/mol. The molecule has 0 unspecified atom stereocenters. The van der Waals surface area contributed by atoms with Crippen LogP contribution in [0.3, 0.4) is 0 Å². The van der Waals surface area contributed by atoms with E-state index in [1.807, 2.05) is 0 Å². The lowest BCUT2D eigenvalue weighted by Gasteiger charge is -2.16. The van der Waals surface area contributed by atoms with E-state index in [0.29, 0.717) is 0 Å². The van der Waals surface area contributed by atoms with Gasteiger partial charge in [0, 0.05) is 25.2 Å². The van der Waals surface area contributed by atoms with E-state index >= 15 is 0 Å². The van der Waals surface area contributed by atoms with E-state index in [0.717, 1.165) is 0 Å². The molecule has 0 aromatic heterocycles. The van der Waals surface area contributed by atoms with Crippen LogP contribution >= 0.6 is 0 Å². The molecule has 84 valence electrons. The van der Waals surface area contributed by atoms with Crippen molar-refractivity contribution in [1.82, 2.24) is 0 Å². The smallest absolute Gasteiger partial charge is 0.0440 e. The summed E-state index contributed by atoms with van der Waals surface area (Å²) in [5, 5.41) is 5.27. The molecule has 17 heavy (non-hydrogen) atoms. The minimum atomic E-state index is 1.27. The van der Waals surface area contributed by atoms with Gasteiger partial charge in [-0.05, 0) is 22.2 Å². The van der Waals surface area contributed by atoms with Gasteiger partial charge in [0.1, 0.15) is 0 Å². The van der Waals surface area contributed by atoms with Crippen LogP contribution in [0.15, 0.2) is 54.6 Å². The highest BCUT2D eigenvalue weighted by Gasteiger charge is 2.04. The van der Waals surface area contributed by atoms with E-state index in [-0.39, 0.29) is 0 Å². The first-order valence-corrected chi connectivity index (χ1v) is 5.85. The molecule has 0 aliphatic rings. The fourth-order valence-electron chi connectivity index (χ4n) is 2.41. The molecule has 0 saturated heterocycles. The maximum atomic E-state index is 2.22. The topological polar surface area (TPSA) is 3.24 Å². The van der Waals surface area contributed by atoms with Gasteiger partial charge in [-0.15, -0.1) is 0 Å². The molecule has 3 aromatic rings. The van der Waals surface area contributed by atoms with Crippen molar-refractivity contribution in [3.05, 3.63) is 54.6 Å². The number of hydrogen-bond acceptors (Lipinski definition) is 1. The highest BCUT2D eigenvalue weighted by Crippen LogP contribution is 2.31.